The number of carbonyl (C=O) groups excluding carboxylic acids is 2. The van der Waals surface area contributed by atoms with Gasteiger partial charge in [-0.2, -0.15) is 0 Å². The van der Waals surface area contributed by atoms with Gasteiger partial charge in [0, 0.05) is 13.1 Å². The van der Waals surface area contributed by atoms with Gasteiger partial charge in [0.15, 0.2) is 0 Å². The lowest BCUT2D eigenvalue weighted by Crippen LogP contribution is -2.51. The first-order valence-electron chi connectivity index (χ1n) is 13.6. The molecule has 0 aliphatic heterocycles. The average Bonchev–Trinajstić information content (AvgIpc) is 2.98. The Hall–Kier alpha value is -3.57. The summed E-state index contributed by atoms with van der Waals surface area (Å²) in [7, 11) is -1.17. The summed E-state index contributed by atoms with van der Waals surface area (Å²) < 4.78 is 40.2. The molecule has 11 heteroatoms. The number of aryl methyl sites for hydroxylation is 1. The van der Waals surface area contributed by atoms with Crippen LogP contribution in [0.15, 0.2) is 76.1 Å². The third-order valence-electron chi connectivity index (χ3n) is 6.80. The molecule has 0 unspecified atom stereocenters. The fourth-order valence-electron chi connectivity index (χ4n) is 4.26. The molecule has 9 nitrogen and oxygen atoms in total. The maximum atomic E-state index is 14.1. The number of ether oxygens (including phenoxy) is 2. The molecule has 3 rings (SSSR count). The van der Waals surface area contributed by atoms with Crippen LogP contribution in [0.2, 0.25) is 0 Å². The minimum absolute atomic E-state index is 0.0201. The molecule has 2 amide bonds. The highest BCUT2D eigenvalue weighted by Gasteiger charge is 2.33. The Labute approximate surface area is 257 Å². The second kappa shape index (κ2) is 15.1. The number of amides is 2. The molecule has 1 atom stereocenters. The summed E-state index contributed by atoms with van der Waals surface area (Å²) in [5, 5.41) is 2.88. The Morgan fingerprint density at radius 1 is 1.00 bits per heavy atom. The number of nitrogens with zero attached hydrogens (tertiary/aromatic N) is 2. The first-order chi connectivity index (χ1) is 20.0. The van der Waals surface area contributed by atoms with Crippen molar-refractivity contribution in [2.24, 2.45) is 0 Å². The fraction of sp³-hybridized carbons (Fsp3) is 0.355. The number of nitrogens with one attached hydrogen (secondary N) is 1. The van der Waals surface area contributed by atoms with E-state index in [0.29, 0.717) is 28.2 Å². The highest BCUT2D eigenvalue weighted by Crippen LogP contribution is 2.31. The van der Waals surface area contributed by atoms with E-state index in [0.717, 1.165) is 28.3 Å². The van der Waals surface area contributed by atoms with Gasteiger partial charge in [-0.1, -0.05) is 43.2 Å². The number of halogens is 1. The lowest BCUT2D eigenvalue weighted by molar-refractivity contribution is -0.139. The molecular formula is C31H38BrN3O6S. The van der Waals surface area contributed by atoms with Crippen LogP contribution in [0.25, 0.3) is 0 Å². The summed E-state index contributed by atoms with van der Waals surface area (Å²) in [6.07, 6.45) is 1.71. The summed E-state index contributed by atoms with van der Waals surface area (Å²) in [6.45, 7) is 5.60. The minimum Gasteiger partial charge on any atom is -0.497 e. The molecule has 1 N–H and O–H groups in total. The Kier molecular flexibility index (Phi) is 11.8. The van der Waals surface area contributed by atoms with Gasteiger partial charge in [0.25, 0.3) is 10.0 Å². The minimum atomic E-state index is -4.21. The van der Waals surface area contributed by atoms with E-state index < -0.39 is 28.5 Å². The Balaban J connectivity index is 2.03. The van der Waals surface area contributed by atoms with Crippen LogP contribution < -0.4 is 19.1 Å². The van der Waals surface area contributed by atoms with Crippen LogP contribution in [-0.4, -0.2) is 58.5 Å². The number of anilines is 1. The molecule has 3 aromatic rings. The third kappa shape index (κ3) is 8.25. The van der Waals surface area contributed by atoms with Crippen molar-refractivity contribution in [3.63, 3.8) is 0 Å². The predicted octanol–water partition coefficient (Wildman–Crippen LogP) is 5.30. The van der Waals surface area contributed by atoms with Crippen molar-refractivity contribution >= 4 is 43.5 Å². The first kappa shape index (κ1) is 32.9. The van der Waals surface area contributed by atoms with Crippen LogP contribution in [0.3, 0.4) is 0 Å². The number of unbranched alkanes of at least 4 members (excludes halogenated alkanes) is 1. The monoisotopic (exact) mass is 659 g/mol. The Bertz CT molecular complexity index is 1480. The molecule has 0 bridgehead atoms. The number of rotatable bonds is 14. The molecule has 0 saturated carbocycles. The first-order valence-corrected chi connectivity index (χ1v) is 15.9. The van der Waals surface area contributed by atoms with E-state index in [4.69, 9.17) is 9.47 Å². The molecule has 0 radical (unpaired) electrons. The van der Waals surface area contributed by atoms with Crippen LogP contribution in [-0.2, 0) is 26.2 Å². The zero-order valence-corrected chi connectivity index (χ0v) is 27.0. The second-order valence-corrected chi connectivity index (χ2v) is 12.6. The highest BCUT2D eigenvalue weighted by molar-refractivity contribution is 9.10. The molecule has 226 valence electrons. The van der Waals surface area contributed by atoms with E-state index in [9.17, 15) is 18.0 Å². The SMILES string of the molecule is CCCCNC(=O)[C@H](C)N(Cc1cccc(OC)c1)C(=O)CN(c1ccc(C)cc1)S(=O)(=O)c1ccc(OC)c(Br)c1. The number of sulfonamides is 1. The molecular weight excluding hydrogens is 622 g/mol. The van der Waals surface area contributed by atoms with Crippen molar-refractivity contribution in [2.45, 2.75) is 51.1 Å². The van der Waals surface area contributed by atoms with Crippen molar-refractivity contribution in [3.05, 3.63) is 82.3 Å². The van der Waals surface area contributed by atoms with Crippen LogP contribution in [0.1, 0.15) is 37.8 Å². The van der Waals surface area contributed by atoms with Crippen LogP contribution in [0, 0.1) is 6.92 Å². The number of hydrogen-bond acceptors (Lipinski definition) is 6. The molecule has 0 saturated heterocycles. The van der Waals surface area contributed by atoms with Gasteiger partial charge in [-0.3, -0.25) is 13.9 Å². The summed E-state index contributed by atoms with van der Waals surface area (Å²) >= 11 is 3.36. The van der Waals surface area contributed by atoms with Crippen molar-refractivity contribution in [3.8, 4) is 11.5 Å². The van der Waals surface area contributed by atoms with Gasteiger partial charge in [0.1, 0.15) is 24.1 Å². The number of carbonyl (C=O) groups is 2. The van der Waals surface area contributed by atoms with Crippen LogP contribution in [0.5, 0.6) is 11.5 Å². The quantitative estimate of drug-likeness (QED) is 0.235. The number of methoxy groups -OCH3 is 2. The maximum absolute atomic E-state index is 14.1. The average molecular weight is 661 g/mol. The Morgan fingerprint density at radius 2 is 1.71 bits per heavy atom. The lowest BCUT2D eigenvalue weighted by Gasteiger charge is -2.32. The normalized spacial score (nSPS) is 11.9. The van der Waals surface area contributed by atoms with E-state index in [1.165, 1.54) is 24.1 Å². The second-order valence-electron chi connectivity index (χ2n) is 9.84. The molecule has 42 heavy (non-hydrogen) atoms. The number of hydrogen-bond donors (Lipinski definition) is 1. The molecule has 0 heterocycles. The summed E-state index contributed by atoms with van der Waals surface area (Å²) in [4.78, 5) is 28.5. The molecule has 0 aliphatic carbocycles. The molecule has 0 aliphatic rings. The molecule has 0 fully saturated rings. The van der Waals surface area contributed by atoms with Gasteiger partial charge in [-0.25, -0.2) is 8.42 Å². The Morgan fingerprint density at radius 3 is 2.33 bits per heavy atom. The van der Waals surface area contributed by atoms with Crippen molar-refractivity contribution < 1.29 is 27.5 Å². The smallest absolute Gasteiger partial charge is 0.264 e. The van der Waals surface area contributed by atoms with E-state index in [2.05, 4.69) is 21.2 Å². The predicted molar refractivity (Wildman–Crippen MR) is 167 cm³/mol. The van der Waals surface area contributed by atoms with Crippen molar-refractivity contribution in [2.75, 3.05) is 31.6 Å². The van der Waals surface area contributed by atoms with E-state index in [-0.39, 0.29) is 17.3 Å². The van der Waals surface area contributed by atoms with E-state index >= 15 is 0 Å². The zero-order chi connectivity index (χ0) is 30.9. The van der Waals surface area contributed by atoms with Gasteiger partial charge in [-0.05, 0) is 84.2 Å². The van der Waals surface area contributed by atoms with Gasteiger partial charge in [0.05, 0.1) is 29.3 Å². The van der Waals surface area contributed by atoms with Crippen LogP contribution >= 0.6 is 15.9 Å². The topological polar surface area (TPSA) is 105 Å². The lowest BCUT2D eigenvalue weighted by atomic mass is 10.1. The van der Waals surface area contributed by atoms with Crippen LogP contribution in [0.4, 0.5) is 5.69 Å². The highest BCUT2D eigenvalue weighted by atomic mass is 79.9. The van der Waals surface area contributed by atoms with Gasteiger partial charge < -0.3 is 19.7 Å². The van der Waals surface area contributed by atoms with Crippen molar-refractivity contribution in [1.82, 2.24) is 10.2 Å². The summed E-state index contributed by atoms with van der Waals surface area (Å²) in [6, 6.07) is 17.6. The van der Waals surface area contributed by atoms with Gasteiger partial charge in [0.2, 0.25) is 11.8 Å². The third-order valence-corrected chi connectivity index (χ3v) is 9.19. The molecule has 0 spiro atoms. The number of benzene rings is 3. The summed E-state index contributed by atoms with van der Waals surface area (Å²) in [5.74, 6) is 0.226. The van der Waals surface area contributed by atoms with Crippen molar-refractivity contribution in [1.29, 1.82) is 0 Å². The largest absolute Gasteiger partial charge is 0.497 e. The molecule has 3 aromatic carbocycles. The van der Waals surface area contributed by atoms with E-state index in [1.807, 2.05) is 19.9 Å². The maximum Gasteiger partial charge on any atom is 0.264 e. The van der Waals surface area contributed by atoms with Gasteiger partial charge in [-0.15, -0.1) is 0 Å². The standard InChI is InChI=1S/C31H38BrN3O6S/c1-6-7-17-33-31(37)23(3)34(20-24-9-8-10-26(18-24)40-4)30(36)21-35(25-13-11-22(2)12-14-25)42(38,39)27-15-16-29(41-5)28(32)19-27/h8-16,18-19,23H,6-7,17,20-21H2,1-5H3,(H,33,37)/t23-/m0/s1. The zero-order valence-electron chi connectivity index (χ0n) is 24.6. The van der Waals surface area contributed by atoms with E-state index in [1.54, 1.807) is 62.6 Å². The summed E-state index contributed by atoms with van der Waals surface area (Å²) in [5.41, 5.74) is 1.99. The molecule has 0 aromatic heterocycles. The van der Waals surface area contributed by atoms with Gasteiger partial charge >= 0.3 is 0 Å². The fourth-order valence-corrected chi connectivity index (χ4v) is 6.39.